The van der Waals surface area contributed by atoms with Gasteiger partial charge in [0.15, 0.2) is 0 Å². The molecule has 0 nitrogen and oxygen atoms in total. The van der Waals surface area contributed by atoms with Crippen LogP contribution in [0.3, 0.4) is 0 Å². The molecule has 0 radical (unpaired) electrons. The van der Waals surface area contributed by atoms with Crippen molar-refractivity contribution in [3.05, 3.63) is 59.2 Å². The van der Waals surface area contributed by atoms with Crippen molar-refractivity contribution in [1.82, 2.24) is 0 Å². The fourth-order valence-corrected chi connectivity index (χ4v) is 1.32. The number of rotatable bonds is 0. The van der Waals surface area contributed by atoms with Crippen LogP contribution in [0.2, 0.25) is 0 Å². The molecule has 100 valence electrons. The molecule has 0 heterocycles. The maximum absolute atomic E-state index is 12.2. The fraction of sp³-hybridized carbons (Fsp3) is 0.375. The number of halogens is 2. The summed E-state index contributed by atoms with van der Waals surface area (Å²) in [5.41, 5.74) is 2.23. The zero-order valence-electron chi connectivity index (χ0n) is 11.6. The lowest BCUT2D eigenvalue weighted by atomic mass is 10.1. The third-order valence-corrected chi connectivity index (χ3v) is 2.29. The molecule has 1 aliphatic rings. The van der Waals surface area contributed by atoms with Gasteiger partial charge in [-0.25, -0.2) is 8.78 Å². The number of hydrogen-bond donors (Lipinski definition) is 0. The molecule has 0 bridgehead atoms. The zero-order chi connectivity index (χ0) is 14.0. The van der Waals surface area contributed by atoms with Crippen molar-refractivity contribution < 1.29 is 8.78 Å². The Labute approximate surface area is 109 Å². The van der Waals surface area contributed by atoms with Crippen molar-refractivity contribution in [2.45, 2.75) is 40.5 Å². The van der Waals surface area contributed by atoms with Gasteiger partial charge in [-0.05, 0) is 44.0 Å². The smallest absolute Gasteiger partial charge is 0.123 e. The lowest BCUT2D eigenvalue weighted by Gasteiger charge is -2.02. The molecular weight excluding hydrogens is 230 g/mol. The molecule has 0 atom stereocenters. The van der Waals surface area contributed by atoms with Gasteiger partial charge in [-0.2, -0.15) is 0 Å². The van der Waals surface area contributed by atoms with Crippen LogP contribution in [0.25, 0.3) is 0 Å². The molecular formula is C16H22F2. The van der Waals surface area contributed by atoms with Crippen LogP contribution >= 0.6 is 0 Å². The van der Waals surface area contributed by atoms with E-state index in [4.69, 9.17) is 0 Å². The maximum Gasteiger partial charge on any atom is 0.123 e. The van der Waals surface area contributed by atoms with Crippen LogP contribution in [-0.2, 0) is 0 Å². The second kappa shape index (κ2) is 9.58. The van der Waals surface area contributed by atoms with E-state index in [2.05, 4.69) is 0 Å². The largest absolute Gasteiger partial charge is 0.212 e. The molecule has 0 aromatic heterocycles. The maximum atomic E-state index is 12.2. The number of allylic oxidation sites excluding steroid dienone is 4. The first-order valence-corrected chi connectivity index (χ1v) is 6.32. The van der Waals surface area contributed by atoms with Gasteiger partial charge in [0.2, 0.25) is 0 Å². The van der Waals surface area contributed by atoms with Crippen molar-refractivity contribution in [2.75, 3.05) is 0 Å². The van der Waals surface area contributed by atoms with E-state index >= 15 is 0 Å². The highest BCUT2D eigenvalue weighted by Crippen LogP contribution is 2.17. The molecule has 1 aliphatic carbocycles. The van der Waals surface area contributed by atoms with Crippen molar-refractivity contribution in [1.29, 1.82) is 0 Å². The van der Waals surface area contributed by atoms with Crippen LogP contribution in [-0.4, -0.2) is 0 Å². The van der Waals surface area contributed by atoms with Crippen LogP contribution in [0.4, 0.5) is 8.78 Å². The molecule has 0 spiro atoms. The minimum absolute atomic E-state index is 0.00981. The third-order valence-electron chi connectivity index (χ3n) is 2.29. The van der Waals surface area contributed by atoms with Crippen molar-refractivity contribution in [3.8, 4) is 0 Å². The molecule has 2 heteroatoms. The zero-order valence-corrected chi connectivity index (χ0v) is 11.6. The Hall–Kier alpha value is -1.44. The first-order chi connectivity index (χ1) is 8.58. The Morgan fingerprint density at radius 3 is 1.94 bits per heavy atom. The third kappa shape index (κ3) is 7.77. The lowest BCUT2D eigenvalue weighted by Crippen LogP contribution is -1.84. The summed E-state index contributed by atoms with van der Waals surface area (Å²) < 4.78 is 24.3. The highest BCUT2D eigenvalue weighted by Gasteiger charge is 1.99. The molecule has 0 N–H and O–H groups in total. The van der Waals surface area contributed by atoms with Crippen LogP contribution in [0.15, 0.2) is 47.8 Å². The average molecular weight is 252 g/mol. The van der Waals surface area contributed by atoms with Gasteiger partial charge in [-0.3, -0.25) is 0 Å². The SMILES string of the molecule is CC.CC1=CC=C(F)CC1.Cc1cccc(F)c1. The molecule has 18 heavy (non-hydrogen) atoms. The van der Waals surface area contributed by atoms with E-state index in [9.17, 15) is 8.78 Å². The Morgan fingerprint density at radius 1 is 0.944 bits per heavy atom. The van der Waals surface area contributed by atoms with Crippen molar-refractivity contribution >= 4 is 0 Å². The minimum atomic E-state index is -0.162. The van der Waals surface area contributed by atoms with Crippen LogP contribution < -0.4 is 0 Å². The summed E-state index contributed by atoms with van der Waals surface area (Å²) in [6, 6.07) is 6.50. The normalized spacial score (nSPS) is 13.2. The van der Waals surface area contributed by atoms with Gasteiger partial charge >= 0.3 is 0 Å². The van der Waals surface area contributed by atoms with Gasteiger partial charge < -0.3 is 0 Å². The van der Waals surface area contributed by atoms with Gasteiger partial charge in [0.05, 0.1) is 0 Å². The molecule has 2 rings (SSSR count). The predicted octanol–water partition coefficient (Wildman–Crippen LogP) is 5.74. The summed E-state index contributed by atoms with van der Waals surface area (Å²) in [5.74, 6) is -0.152. The summed E-state index contributed by atoms with van der Waals surface area (Å²) in [7, 11) is 0. The molecule has 0 saturated heterocycles. The second-order valence-corrected chi connectivity index (χ2v) is 3.93. The Kier molecular flexibility index (Phi) is 8.81. The van der Waals surface area contributed by atoms with Crippen LogP contribution in [0.5, 0.6) is 0 Å². The minimum Gasteiger partial charge on any atom is -0.212 e. The van der Waals surface area contributed by atoms with Gasteiger partial charge in [-0.15, -0.1) is 0 Å². The summed E-state index contributed by atoms with van der Waals surface area (Å²) >= 11 is 0. The number of benzene rings is 1. The highest BCUT2D eigenvalue weighted by atomic mass is 19.1. The molecule has 0 saturated carbocycles. The highest BCUT2D eigenvalue weighted by molar-refractivity contribution is 5.18. The van der Waals surface area contributed by atoms with E-state index in [0.717, 1.165) is 12.0 Å². The second-order valence-electron chi connectivity index (χ2n) is 3.93. The van der Waals surface area contributed by atoms with E-state index in [1.165, 1.54) is 17.7 Å². The summed E-state index contributed by atoms with van der Waals surface area (Å²) in [6.45, 7) is 7.88. The Balaban J connectivity index is 0.000000283. The summed E-state index contributed by atoms with van der Waals surface area (Å²) in [4.78, 5) is 0. The van der Waals surface area contributed by atoms with Crippen LogP contribution in [0, 0.1) is 12.7 Å². The van der Waals surface area contributed by atoms with Gasteiger partial charge in [0, 0.05) is 6.42 Å². The average Bonchev–Trinajstić information content (AvgIpc) is 2.36. The van der Waals surface area contributed by atoms with E-state index in [0.29, 0.717) is 6.42 Å². The van der Waals surface area contributed by atoms with Gasteiger partial charge in [0.1, 0.15) is 11.6 Å². The quantitative estimate of drug-likeness (QED) is 0.552. The van der Waals surface area contributed by atoms with Crippen molar-refractivity contribution in [2.24, 2.45) is 0 Å². The molecule has 0 amide bonds. The molecule has 0 unspecified atom stereocenters. The number of hydrogen-bond acceptors (Lipinski definition) is 0. The fourth-order valence-electron chi connectivity index (χ4n) is 1.32. The van der Waals surface area contributed by atoms with E-state index in [1.807, 2.05) is 39.8 Å². The monoisotopic (exact) mass is 252 g/mol. The summed E-state index contributed by atoms with van der Waals surface area (Å²) in [5, 5.41) is 0. The van der Waals surface area contributed by atoms with Crippen molar-refractivity contribution in [3.63, 3.8) is 0 Å². The standard InChI is InChI=1S/C7H9F.C7H7F.C2H6/c1-6-2-4-7(8)5-3-6;1-6-3-2-4-7(8)5-6;1-2/h2,4H,3,5H2,1H3;2-5H,1H3;1-2H3. The lowest BCUT2D eigenvalue weighted by molar-refractivity contribution is 0.582. The molecule has 0 aliphatic heterocycles. The Morgan fingerprint density at radius 2 is 1.61 bits per heavy atom. The van der Waals surface area contributed by atoms with Gasteiger partial charge in [0.25, 0.3) is 0 Å². The first kappa shape index (κ1) is 16.6. The van der Waals surface area contributed by atoms with E-state index in [1.54, 1.807) is 12.1 Å². The first-order valence-electron chi connectivity index (χ1n) is 6.32. The molecule has 0 fully saturated rings. The number of aryl methyl sites for hydroxylation is 1. The summed E-state index contributed by atoms with van der Waals surface area (Å²) in [6.07, 6.45) is 4.86. The topological polar surface area (TPSA) is 0 Å². The molecule has 1 aromatic carbocycles. The van der Waals surface area contributed by atoms with Crippen LogP contribution in [0.1, 0.15) is 39.2 Å². The molecule has 1 aromatic rings. The predicted molar refractivity (Wildman–Crippen MR) is 74.7 cm³/mol. The van der Waals surface area contributed by atoms with Gasteiger partial charge in [-0.1, -0.05) is 37.6 Å². The Bertz CT molecular complexity index is 368. The van der Waals surface area contributed by atoms with E-state index < -0.39 is 0 Å². The van der Waals surface area contributed by atoms with E-state index in [-0.39, 0.29) is 11.6 Å².